The van der Waals surface area contributed by atoms with E-state index in [1.165, 1.54) is 10.4 Å². The van der Waals surface area contributed by atoms with Gasteiger partial charge in [0.25, 0.3) is 0 Å². The zero-order chi connectivity index (χ0) is 17.1. The zero-order valence-electron chi connectivity index (χ0n) is 14.4. The summed E-state index contributed by atoms with van der Waals surface area (Å²) in [7, 11) is 5.85. The Morgan fingerprint density at radius 1 is 1.21 bits per heavy atom. The van der Waals surface area contributed by atoms with Gasteiger partial charge in [0.05, 0.1) is 18.5 Å². The number of benzene rings is 1. The lowest BCUT2D eigenvalue weighted by Gasteiger charge is -2.25. The van der Waals surface area contributed by atoms with E-state index in [1.807, 2.05) is 12.1 Å². The first kappa shape index (κ1) is 16.7. The Labute approximate surface area is 146 Å². The summed E-state index contributed by atoms with van der Waals surface area (Å²) >= 11 is 1.69. The van der Waals surface area contributed by atoms with Gasteiger partial charge in [-0.1, -0.05) is 12.1 Å². The minimum atomic E-state index is 0.237. The average Bonchev–Trinajstić information content (AvgIpc) is 2.96. The number of ether oxygens (including phenoxy) is 1. The molecule has 5 nitrogen and oxygen atoms in total. The molecule has 0 fully saturated rings. The van der Waals surface area contributed by atoms with Crippen LogP contribution >= 0.6 is 11.3 Å². The van der Waals surface area contributed by atoms with Gasteiger partial charge in [-0.25, -0.2) is 9.97 Å². The highest BCUT2D eigenvalue weighted by Gasteiger charge is 2.15. The van der Waals surface area contributed by atoms with E-state index in [1.54, 1.807) is 24.8 Å². The number of thiophene rings is 1. The van der Waals surface area contributed by atoms with E-state index >= 15 is 0 Å². The number of fused-ring (bicyclic) bond motifs is 1. The van der Waals surface area contributed by atoms with E-state index in [0.717, 1.165) is 28.3 Å². The molecule has 0 bridgehead atoms. The van der Waals surface area contributed by atoms with Crippen LogP contribution in [0.3, 0.4) is 0 Å². The first-order valence-corrected chi connectivity index (χ1v) is 8.65. The fourth-order valence-electron chi connectivity index (χ4n) is 2.73. The van der Waals surface area contributed by atoms with Crippen molar-refractivity contribution in [3.8, 4) is 5.75 Å². The third-order valence-corrected chi connectivity index (χ3v) is 5.00. The monoisotopic (exact) mass is 342 g/mol. The highest BCUT2D eigenvalue weighted by atomic mass is 32.1. The van der Waals surface area contributed by atoms with Crippen molar-refractivity contribution in [2.45, 2.75) is 13.0 Å². The third-order valence-electron chi connectivity index (χ3n) is 4.04. The Morgan fingerprint density at radius 3 is 2.62 bits per heavy atom. The predicted octanol–water partition coefficient (Wildman–Crippen LogP) is 3.72. The molecule has 0 aliphatic heterocycles. The van der Waals surface area contributed by atoms with Gasteiger partial charge in [0.2, 0.25) is 0 Å². The zero-order valence-corrected chi connectivity index (χ0v) is 15.2. The maximum atomic E-state index is 5.24. The summed E-state index contributed by atoms with van der Waals surface area (Å²) in [6.45, 7) is 2.86. The lowest BCUT2D eigenvalue weighted by molar-refractivity contribution is 0.311. The van der Waals surface area contributed by atoms with Crippen molar-refractivity contribution in [3.05, 3.63) is 47.1 Å². The lowest BCUT2D eigenvalue weighted by Crippen LogP contribution is -2.27. The normalized spacial score (nSPS) is 12.5. The van der Waals surface area contributed by atoms with E-state index in [4.69, 9.17) is 4.74 Å². The standard InChI is InChI=1S/C18H22N4OS/c1-12-9-15-17(20-11-21-18(15)24-12)19-10-16(22(2)3)13-5-7-14(23-4)8-6-13/h5-9,11,16H,10H2,1-4H3,(H,19,20,21). The molecule has 126 valence electrons. The number of nitrogens with one attached hydrogen (secondary N) is 1. The Bertz CT molecular complexity index is 814. The fourth-order valence-corrected chi connectivity index (χ4v) is 3.58. The van der Waals surface area contributed by atoms with Crippen LogP contribution < -0.4 is 10.1 Å². The molecule has 6 heteroatoms. The van der Waals surface area contributed by atoms with E-state index in [2.05, 4.69) is 59.4 Å². The molecule has 1 aromatic carbocycles. The molecule has 0 spiro atoms. The highest BCUT2D eigenvalue weighted by molar-refractivity contribution is 7.18. The molecule has 1 N–H and O–H groups in total. The largest absolute Gasteiger partial charge is 0.497 e. The van der Waals surface area contributed by atoms with Crippen molar-refractivity contribution >= 4 is 27.4 Å². The van der Waals surface area contributed by atoms with Crippen molar-refractivity contribution in [2.24, 2.45) is 0 Å². The van der Waals surface area contributed by atoms with Gasteiger partial charge in [0.1, 0.15) is 22.7 Å². The van der Waals surface area contributed by atoms with E-state index in [-0.39, 0.29) is 6.04 Å². The van der Waals surface area contributed by atoms with E-state index in [9.17, 15) is 0 Å². The summed E-state index contributed by atoms with van der Waals surface area (Å²) in [5.41, 5.74) is 1.24. The summed E-state index contributed by atoms with van der Waals surface area (Å²) in [4.78, 5) is 13.2. The molecule has 0 saturated heterocycles. The van der Waals surface area contributed by atoms with Gasteiger partial charge in [0, 0.05) is 11.4 Å². The van der Waals surface area contributed by atoms with Crippen LogP contribution in [-0.4, -0.2) is 42.6 Å². The number of likely N-dealkylation sites (N-methyl/N-ethyl adjacent to an activating group) is 1. The summed E-state index contributed by atoms with van der Waals surface area (Å²) in [5, 5.41) is 4.58. The molecule has 24 heavy (non-hydrogen) atoms. The molecule has 1 atom stereocenters. The van der Waals surface area contributed by atoms with Crippen LogP contribution in [-0.2, 0) is 0 Å². The van der Waals surface area contributed by atoms with Crippen LogP contribution in [0.5, 0.6) is 5.75 Å². The number of aryl methyl sites for hydroxylation is 1. The molecule has 2 heterocycles. The number of hydrogen-bond donors (Lipinski definition) is 1. The van der Waals surface area contributed by atoms with Gasteiger partial charge in [-0.2, -0.15) is 0 Å². The quantitative estimate of drug-likeness (QED) is 0.740. The molecular weight excluding hydrogens is 320 g/mol. The second kappa shape index (κ2) is 7.15. The predicted molar refractivity (Wildman–Crippen MR) is 100 cm³/mol. The minimum Gasteiger partial charge on any atom is -0.497 e. The van der Waals surface area contributed by atoms with Gasteiger partial charge in [-0.15, -0.1) is 11.3 Å². The summed E-state index contributed by atoms with van der Waals surface area (Å²) in [5.74, 6) is 1.76. The Morgan fingerprint density at radius 2 is 1.96 bits per heavy atom. The van der Waals surface area contributed by atoms with Crippen molar-refractivity contribution in [3.63, 3.8) is 0 Å². The number of rotatable bonds is 6. The van der Waals surface area contributed by atoms with Crippen molar-refractivity contribution in [1.29, 1.82) is 0 Å². The number of hydrogen-bond acceptors (Lipinski definition) is 6. The summed E-state index contributed by atoms with van der Waals surface area (Å²) in [6.07, 6.45) is 1.62. The third kappa shape index (κ3) is 3.49. The van der Waals surface area contributed by atoms with Gasteiger partial charge < -0.3 is 15.0 Å². The van der Waals surface area contributed by atoms with Gasteiger partial charge in [-0.3, -0.25) is 0 Å². The van der Waals surface area contributed by atoms with Crippen LogP contribution in [0.2, 0.25) is 0 Å². The minimum absolute atomic E-state index is 0.237. The lowest BCUT2D eigenvalue weighted by atomic mass is 10.1. The molecule has 0 saturated carbocycles. The maximum Gasteiger partial charge on any atom is 0.138 e. The Hall–Kier alpha value is -2.18. The van der Waals surface area contributed by atoms with Crippen molar-refractivity contribution in [2.75, 3.05) is 33.1 Å². The van der Waals surface area contributed by atoms with E-state index < -0.39 is 0 Å². The van der Waals surface area contributed by atoms with Crippen LogP contribution in [0.25, 0.3) is 10.2 Å². The molecule has 3 rings (SSSR count). The van der Waals surface area contributed by atoms with Crippen molar-refractivity contribution in [1.82, 2.24) is 14.9 Å². The number of aromatic nitrogens is 2. The van der Waals surface area contributed by atoms with Gasteiger partial charge in [0.15, 0.2) is 0 Å². The Balaban J connectivity index is 1.80. The molecule has 0 aliphatic carbocycles. The fraction of sp³-hybridized carbons (Fsp3) is 0.333. The molecule has 2 aromatic heterocycles. The van der Waals surface area contributed by atoms with Gasteiger partial charge in [-0.05, 0) is 44.8 Å². The molecule has 3 aromatic rings. The average molecular weight is 342 g/mol. The summed E-state index contributed by atoms with van der Waals surface area (Å²) < 4.78 is 5.24. The van der Waals surface area contributed by atoms with Crippen LogP contribution in [0.15, 0.2) is 36.7 Å². The van der Waals surface area contributed by atoms with Crippen LogP contribution in [0, 0.1) is 6.92 Å². The molecule has 0 aliphatic rings. The number of methoxy groups -OCH3 is 1. The first-order chi connectivity index (χ1) is 11.6. The maximum absolute atomic E-state index is 5.24. The van der Waals surface area contributed by atoms with Crippen molar-refractivity contribution < 1.29 is 4.74 Å². The SMILES string of the molecule is COc1ccc(C(CNc2ncnc3sc(C)cc23)N(C)C)cc1. The van der Waals surface area contributed by atoms with Crippen LogP contribution in [0.4, 0.5) is 5.82 Å². The number of anilines is 1. The number of nitrogens with zero attached hydrogens (tertiary/aromatic N) is 3. The van der Waals surface area contributed by atoms with Gasteiger partial charge >= 0.3 is 0 Å². The van der Waals surface area contributed by atoms with E-state index in [0.29, 0.717) is 0 Å². The molecular formula is C18H22N4OS. The summed E-state index contributed by atoms with van der Waals surface area (Å²) in [6, 6.07) is 10.6. The van der Waals surface area contributed by atoms with Crippen LogP contribution in [0.1, 0.15) is 16.5 Å². The topological polar surface area (TPSA) is 50.3 Å². The highest BCUT2D eigenvalue weighted by Crippen LogP contribution is 2.28. The molecule has 0 amide bonds. The second-order valence-corrected chi connectivity index (χ2v) is 7.17. The molecule has 0 radical (unpaired) electrons. The second-order valence-electron chi connectivity index (χ2n) is 5.93. The smallest absolute Gasteiger partial charge is 0.138 e. The molecule has 1 unspecified atom stereocenters. The Kier molecular flexibility index (Phi) is 4.97. The first-order valence-electron chi connectivity index (χ1n) is 7.84.